The maximum atomic E-state index is 12.3. The molecule has 0 spiro atoms. The average molecular weight is 325 g/mol. The van der Waals surface area contributed by atoms with Crippen molar-refractivity contribution in [2.45, 2.75) is 51.2 Å². The third-order valence-electron chi connectivity index (χ3n) is 3.57. The van der Waals surface area contributed by atoms with Crippen LogP contribution in [0, 0.1) is 0 Å². The lowest BCUT2D eigenvalue weighted by Crippen LogP contribution is -2.36. The highest BCUT2D eigenvalue weighted by Gasteiger charge is 2.33. The van der Waals surface area contributed by atoms with E-state index in [0.717, 1.165) is 29.3 Å². The number of carbonyl (C=O) groups excluding carboxylic acids is 1. The Morgan fingerprint density at radius 3 is 2.74 bits per heavy atom. The molecule has 19 heavy (non-hydrogen) atoms. The molecule has 0 heterocycles. The van der Waals surface area contributed by atoms with E-state index in [9.17, 15) is 4.79 Å². The first kappa shape index (κ1) is 14.5. The van der Waals surface area contributed by atoms with Gasteiger partial charge in [0.2, 0.25) is 5.91 Å². The highest BCUT2D eigenvalue weighted by molar-refractivity contribution is 9.10. The number of halogens is 1. The smallest absolute Gasteiger partial charge is 0.224 e. The van der Waals surface area contributed by atoms with E-state index in [-0.39, 0.29) is 11.9 Å². The zero-order valence-corrected chi connectivity index (χ0v) is 12.9. The Bertz CT molecular complexity index is 446. The molecule has 104 valence electrons. The summed E-state index contributed by atoms with van der Waals surface area (Å²) in [5.74, 6) is 0.188. The Labute approximate surface area is 123 Å². The van der Waals surface area contributed by atoms with Gasteiger partial charge in [-0.1, -0.05) is 41.1 Å². The maximum Gasteiger partial charge on any atom is 0.224 e. The molecule has 0 saturated heterocycles. The molecule has 1 aliphatic rings. The van der Waals surface area contributed by atoms with Gasteiger partial charge in [0.1, 0.15) is 0 Å². The van der Waals surface area contributed by atoms with Crippen LogP contribution in [0.1, 0.15) is 38.2 Å². The first-order valence-corrected chi connectivity index (χ1v) is 7.69. The van der Waals surface area contributed by atoms with E-state index >= 15 is 0 Å². The van der Waals surface area contributed by atoms with Crippen LogP contribution < -0.4 is 5.73 Å². The molecule has 0 radical (unpaired) electrons. The van der Waals surface area contributed by atoms with Crippen molar-refractivity contribution < 1.29 is 4.79 Å². The molecule has 1 atom stereocenters. The van der Waals surface area contributed by atoms with E-state index in [2.05, 4.69) is 22.0 Å². The Hall–Kier alpha value is -0.870. The van der Waals surface area contributed by atoms with Gasteiger partial charge in [-0.2, -0.15) is 0 Å². The van der Waals surface area contributed by atoms with Gasteiger partial charge in [-0.25, -0.2) is 0 Å². The van der Waals surface area contributed by atoms with Crippen LogP contribution in [-0.2, 0) is 11.3 Å². The molecule has 4 heteroatoms. The second-order valence-electron chi connectivity index (χ2n) is 5.22. The van der Waals surface area contributed by atoms with Gasteiger partial charge in [-0.3, -0.25) is 4.79 Å². The summed E-state index contributed by atoms with van der Waals surface area (Å²) in [5, 5.41) is 0. The van der Waals surface area contributed by atoms with Gasteiger partial charge < -0.3 is 10.6 Å². The third kappa shape index (κ3) is 4.05. The van der Waals surface area contributed by atoms with E-state index in [4.69, 9.17) is 5.73 Å². The minimum absolute atomic E-state index is 0.0204. The molecule has 1 fully saturated rings. The van der Waals surface area contributed by atoms with Crippen molar-refractivity contribution in [3.8, 4) is 0 Å². The number of nitrogens with two attached hydrogens (primary N) is 1. The van der Waals surface area contributed by atoms with E-state index in [1.807, 2.05) is 30.0 Å². The van der Waals surface area contributed by atoms with Crippen LogP contribution in [0.3, 0.4) is 0 Å². The second-order valence-corrected chi connectivity index (χ2v) is 6.07. The summed E-state index contributed by atoms with van der Waals surface area (Å²) in [6, 6.07) is 8.48. The number of hydrogen-bond acceptors (Lipinski definition) is 2. The topological polar surface area (TPSA) is 46.3 Å². The van der Waals surface area contributed by atoms with Crippen molar-refractivity contribution in [2.75, 3.05) is 0 Å². The molecule has 3 nitrogen and oxygen atoms in total. The van der Waals surface area contributed by atoms with Crippen molar-refractivity contribution in [2.24, 2.45) is 5.73 Å². The molecule has 0 aliphatic heterocycles. The Morgan fingerprint density at radius 2 is 2.16 bits per heavy atom. The highest BCUT2D eigenvalue weighted by Crippen LogP contribution is 2.30. The number of rotatable bonds is 6. The highest BCUT2D eigenvalue weighted by atomic mass is 79.9. The van der Waals surface area contributed by atoms with Crippen LogP contribution in [0.4, 0.5) is 0 Å². The molecule has 0 bridgehead atoms. The molecule has 1 saturated carbocycles. The van der Waals surface area contributed by atoms with Crippen LogP contribution >= 0.6 is 15.9 Å². The standard InChI is InChI=1S/C15H21BrN2O/c1-2-12(17)9-15(19)18(13-7-8-13)10-11-5-3-4-6-14(11)16/h3-6,12-13H,2,7-10,17H2,1H3. The van der Waals surface area contributed by atoms with Crippen molar-refractivity contribution in [3.05, 3.63) is 34.3 Å². The van der Waals surface area contributed by atoms with Crippen molar-refractivity contribution >= 4 is 21.8 Å². The third-order valence-corrected chi connectivity index (χ3v) is 4.34. The summed E-state index contributed by atoms with van der Waals surface area (Å²) in [7, 11) is 0. The van der Waals surface area contributed by atoms with Gasteiger partial charge in [0.25, 0.3) is 0 Å². The monoisotopic (exact) mass is 324 g/mol. The minimum atomic E-state index is -0.0204. The largest absolute Gasteiger partial charge is 0.335 e. The van der Waals surface area contributed by atoms with Gasteiger partial charge in [0, 0.05) is 29.5 Å². The summed E-state index contributed by atoms with van der Waals surface area (Å²) in [6.07, 6.45) is 3.55. The molecule has 2 N–H and O–H groups in total. The Morgan fingerprint density at radius 1 is 1.47 bits per heavy atom. The van der Waals surface area contributed by atoms with E-state index in [0.29, 0.717) is 19.0 Å². The predicted octanol–water partition coefficient (Wildman–Crippen LogP) is 3.07. The van der Waals surface area contributed by atoms with Gasteiger partial charge >= 0.3 is 0 Å². The number of benzene rings is 1. The predicted molar refractivity (Wildman–Crippen MR) is 80.6 cm³/mol. The van der Waals surface area contributed by atoms with Crippen LogP contribution in [0.25, 0.3) is 0 Å². The zero-order chi connectivity index (χ0) is 13.8. The van der Waals surface area contributed by atoms with Gasteiger partial charge in [0.05, 0.1) is 0 Å². The summed E-state index contributed by atoms with van der Waals surface area (Å²) in [4.78, 5) is 14.3. The average Bonchev–Trinajstić information content (AvgIpc) is 3.21. The molecular weight excluding hydrogens is 304 g/mol. The second kappa shape index (κ2) is 6.53. The number of carbonyl (C=O) groups is 1. The molecule has 1 unspecified atom stereocenters. The first-order valence-electron chi connectivity index (χ1n) is 6.90. The first-order chi connectivity index (χ1) is 9.11. The molecule has 0 aromatic heterocycles. The van der Waals surface area contributed by atoms with Crippen LogP contribution in [0.5, 0.6) is 0 Å². The fraction of sp³-hybridized carbons (Fsp3) is 0.533. The van der Waals surface area contributed by atoms with Crippen LogP contribution in [0.2, 0.25) is 0 Å². The SMILES string of the molecule is CCC(N)CC(=O)N(Cc1ccccc1Br)C1CC1. The molecule has 1 aliphatic carbocycles. The zero-order valence-electron chi connectivity index (χ0n) is 11.3. The summed E-state index contributed by atoms with van der Waals surface area (Å²) in [6.45, 7) is 2.70. The Kier molecular flexibility index (Phi) is 4.99. The maximum absolute atomic E-state index is 12.3. The van der Waals surface area contributed by atoms with Crippen molar-refractivity contribution in [3.63, 3.8) is 0 Å². The molecule has 1 aromatic carbocycles. The van der Waals surface area contributed by atoms with Gasteiger partial charge in [-0.05, 0) is 30.9 Å². The lowest BCUT2D eigenvalue weighted by Gasteiger charge is -2.24. The number of nitrogens with zero attached hydrogens (tertiary/aromatic N) is 1. The molecule has 1 amide bonds. The summed E-state index contributed by atoms with van der Waals surface area (Å²) in [5.41, 5.74) is 7.06. The minimum Gasteiger partial charge on any atom is -0.335 e. The van der Waals surface area contributed by atoms with Crippen LogP contribution in [0.15, 0.2) is 28.7 Å². The van der Waals surface area contributed by atoms with Crippen molar-refractivity contribution in [1.29, 1.82) is 0 Å². The lowest BCUT2D eigenvalue weighted by atomic mass is 10.1. The fourth-order valence-electron chi connectivity index (χ4n) is 2.10. The molecule has 1 aromatic rings. The van der Waals surface area contributed by atoms with E-state index in [1.54, 1.807) is 0 Å². The number of amides is 1. The lowest BCUT2D eigenvalue weighted by molar-refractivity contribution is -0.132. The van der Waals surface area contributed by atoms with E-state index in [1.165, 1.54) is 0 Å². The van der Waals surface area contributed by atoms with Gasteiger partial charge in [0.15, 0.2) is 0 Å². The van der Waals surface area contributed by atoms with Crippen LogP contribution in [-0.4, -0.2) is 22.9 Å². The fourth-order valence-corrected chi connectivity index (χ4v) is 2.51. The van der Waals surface area contributed by atoms with Gasteiger partial charge in [-0.15, -0.1) is 0 Å². The van der Waals surface area contributed by atoms with E-state index < -0.39 is 0 Å². The molecular formula is C15H21BrN2O. The van der Waals surface area contributed by atoms with Crippen molar-refractivity contribution in [1.82, 2.24) is 4.90 Å². The number of hydrogen-bond donors (Lipinski definition) is 1. The quantitative estimate of drug-likeness (QED) is 0.874. The Balaban J connectivity index is 2.04. The summed E-state index contributed by atoms with van der Waals surface area (Å²) < 4.78 is 1.06. The normalized spacial score (nSPS) is 16.2. The summed E-state index contributed by atoms with van der Waals surface area (Å²) >= 11 is 3.55. The molecule has 2 rings (SSSR count).